The quantitative estimate of drug-likeness (QED) is 0.702. The molecule has 0 aliphatic heterocycles. The third kappa shape index (κ3) is 5.74. The van der Waals surface area contributed by atoms with Crippen LogP contribution in [0.3, 0.4) is 0 Å². The summed E-state index contributed by atoms with van der Waals surface area (Å²) in [5.74, 6) is 0.230. The molecule has 112 valence electrons. The van der Waals surface area contributed by atoms with Crippen LogP contribution < -0.4 is 5.73 Å². The van der Waals surface area contributed by atoms with Gasteiger partial charge in [0.05, 0.1) is 0 Å². The molecule has 3 heteroatoms. The van der Waals surface area contributed by atoms with E-state index in [1.54, 1.807) is 0 Å². The third-order valence-electron chi connectivity index (χ3n) is 3.67. The van der Waals surface area contributed by atoms with Gasteiger partial charge in [-0.3, -0.25) is 4.79 Å². The van der Waals surface area contributed by atoms with Crippen molar-refractivity contribution >= 4 is 5.91 Å². The molecule has 0 radical (unpaired) electrons. The van der Waals surface area contributed by atoms with Gasteiger partial charge in [-0.15, -0.1) is 0 Å². The standard InChI is InChI=1S/C17H28N2O/c1-3-4-5-6-7-12-17(20)19(2)14-16-11-9-8-10-15(16)13-18/h8-11H,3-7,12-14,18H2,1-2H3. The van der Waals surface area contributed by atoms with Crippen LogP contribution in [0.25, 0.3) is 0 Å². The Bertz CT molecular complexity index is 404. The van der Waals surface area contributed by atoms with E-state index in [9.17, 15) is 4.79 Å². The van der Waals surface area contributed by atoms with Gasteiger partial charge in [0.15, 0.2) is 0 Å². The molecule has 0 bridgehead atoms. The van der Waals surface area contributed by atoms with Gasteiger partial charge in [-0.1, -0.05) is 56.9 Å². The van der Waals surface area contributed by atoms with Gasteiger partial charge in [0.2, 0.25) is 5.91 Å². The molecule has 0 spiro atoms. The lowest BCUT2D eigenvalue weighted by molar-refractivity contribution is -0.130. The molecule has 0 aliphatic rings. The molecule has 0 aliphatic carbocycles. The first-order valence-electron chi connectivity index (χ1n) is 7.69. The van der Waals surface area contributed by atoms with Crippen LogP contribution in [0.2, 0.25) is 0 Å². The van der Waals surface area contributed by atoms with E-state index < -0.39 is 0 Å². The van der Waals surface area contributed by atoms with Gasteiger partial charge in [0.1, 0.15) is 0 Å². The lowest BCUT2D eigenvalue weighted by Crippen LogP contribution is -2.26. The summed E-state index contributed by atoms with van der Waals surface area (Å²) in [6.07, 6.45) is 6.57. The first kappa shape index (κ1) is 16.7. The molecule has 1 aromatic carbocycles. The van der Waals surface area contributed by atoms with E-state index >= 15 is 0 Å². The number of hydrogen-bond donors (Lipinski definition) is 1. The minimum absolute atomic E-state index is 0.230. The highest BCUT2D eigenvalue weighted by Crippen LogP contribution is 2.12. The maximum absolute atomic E-state index is 12.1. The Kier molecular flexibility index (Phi) is 7.97. The van der Waals surface area contributed by atoms with E-state index in [4.69, 9.17) is 5.73 Å². The number of rotatable bonds is 9. The van der Waals surface area contributed by atoms with Crippen molar-refractivity contribution in [2.75, 3.05) is 7.05 Å². The molecular formula is C17H28N2O. The Morgan fingerprint density at radius 1 is 1.10 bits per heavy atom. The van der Waals surface area contributed by atoms with Gasteiger partial charge in [0.25, 0.3) is 0 Å². The zero-order valence-corrected chi connectivity index (χ0v) is 12.9. The molecule has 20 heavy (non-hydrogen) atoms. The molecule has 0 fully saturated rings. The number of hydrogen-bond acceptors (Lipinski definition) is 2. The van der Waals surface area contributed by atoms with Crippen molar-refractivity contribution in [2.45, 2.75) is 58.5 Å². The van der Waals surface area contributed by atoms with Crippen molar-refractivity contribution in [3.8, 4) is 0 Å². The molecule has 1 amide bonds. The molecule has 0 atom stereocenters. The first-order chi connectivity index (χ1) is 9.69. The zero-order chi connectivity index (χ0) is 14.8. The van der Waals surface area contributed by atoms with Crippen LogP contribution in [0.1, 0.15) is 56.6 Å². The number of benzene rings is 1. The summed E-state index contributed by atoms with van der Waals surface area (Å²) in [7, 11) is 1.88. The first-order valence-corrected chi connectivity index (χ1v) is 7.69. The van der Waals surface area contributed by atoms with Crippen LogP contribution in [0.15, 0.2) is 24.3 Å². The number of carbonyl (C=O) groups is 1. The summed E-state index contributed by atoms with van der Waals surface area (Å²) in [4.78, 5) is 13.9. The fourth-order valence-electron chi connectivity index (χ4n) is 2.33. The number of nitrogens with two attached hydrogens (primary N) is 1. The van der Waals surface area contributed by atoms with Crippen molar-refractivity contribution < 1.29 is 4.79 Å². The lowest BCUT2D eigenvalue weighted by Gasteiger charge is -2.19. The van der Waals surface area contributed by atoms with Crippen LogP contribution in [0.4, 0.5) is 0 Å². The van der Waals surface area contributed by atoms with Gasteiger partial charge in [-0.2, -0.15) is 0 Å². The van der Waals surface area contributed by atoms with Gasteiger partial charge in [-0.05, 0) is 17.5 Å². The number of unbranched alkanes of at least 4 members (excludes halogenated alkanes) is 4. The lowest BCUT2D eigenvalue weighted by atomic mass is 10.1. The molecule has 1 aromatic rings. The van der Waals surface area contributed by atoms with E-state index in [0.717, 1.165) is 24.0 Å². The second-order valence-electron chi connectivity index (χ2n) is 5.39. The summed E-state index contributed by atoms with van der Waals surface area (Å²) < 4.78 is 0. The van der Waals surface area contributed by atoms with Gasteiger partial charge < -0.3 is 10.6 Å². The fourth-order valence-corrected chi connectivity index (χ4v) is 2.33. The van der Waals surface area contributed by atoms with Crippen molar-refractivity contribution in [3.63, 3.8) is 0 Å². The third-order valence-corrected chi connectivity index (χ3v) is 3.67. The second-order valence-corrected chi connectivity index (χ2v) is 5.39. The average molecular weight is 276 g/mol. The summed E-state index contributed by atoms with van der Waals surface area (Å²) in [6.45, 7) is 3.38. The smallest absolute Gasteiger partial charge is 0.222 e. The summed E-state index contributed by atoms with van der Waals surface area (Å²) in [5.41, 5.74) is 8.00. The van der Waals surface area contributed by atoms with Gasteiger partial charge in [-0.25, -0.2) is 0 Å². The molecule has 3 nitrogen and oxygen atoms in total. The Morgan fingerprint density at radius 3 is 2.40 bits per heavy atom. The van der Waals surface area contributed by atoms with E-state index in [1.807, 2.05) is 36.2 Å². The Labute approximate surface area is 123 Å². The van der Waals surface area contributed by atoms with E-state index in [0.29, 0.717) is 19.5 Å². The molecular weight excluding hydrogens is 248 g/mol. The number of carbonyl (C=O) groups excluding carboxylic acids is 1. The molecule has 0 saturated heterocycles. The normalized spacial score (nSPS) is 10.6. The molecule has 2 N–H and O–H groups in total. The predicted octanol–water partition coefficient (Wildman–Crippen LogP) is 3.46. The SMILES string of the molecule is CCCCCCCC(=O)N(C)Cc1ccccc1CN. The van der Waals surface area contributed by atoms with Crippen molar-refractivity contribution in [1.29, 1.82) is 0 Å². The van der Waals surface area contributed by atoms with Crippen molar-refractivity contribution in [1.82, 2.24) is 4.90 Å². The van der Waals surface area contributed by atoms with Gasteiger partial charge in [0, 0.05) is 26.6 Å². The summed E-state index contributed by atoms with van der Waals surface area (Å²) in [6, 6.07) is 8.06. The maximum Gasteiger partial charge on any atom is 0.222 e. The topological polar surface area (TPSA) is 46.3 Å². The molecule has 0 unspecified atom stereocenters. The van der Waals surface area contributed by atoms with Gasteiger partial charge >= 0.3 is 0 Å². The van der Waals surface area contributed by atoms with Crippen LogP contribution >= 0.6 is 0 Å². The summed E-state index contributed by atoms with van der Waals surface area (Å²) in [5, 5.41) is 0. The van der Waals surface area contributed by atoms with E-state index in [1.165, 1.54) is 19.3 Å². The molecule has 0 aromatic heterocycles. The number of nitrogens with zero attached hydrogens (tertiary/aromatic N) is 1. The Morgan fingerprint density at radius 2 is 1.75 bits per heavy atom. The second kappa shape index (κ2) is 9.54. The van der Waals surface area contributed by atoms with E-state index in [-0.39, 0.29) is 5.91 Å². The maximum atomic E-state index is 12.1. The van der Waals surface area contributed by atoms with Crippen LogP contribution in [-0.2, 0) is 17.9 Å². The van der Waals surface area contributed by atoms with Crippen LogP contribution in [-0.4, -0.2) is 17.9 Å². The largest absolute Gasteiger partial charge is 0.341 e. The minimum atomic E-state index is 0.230. The zero-order valence-electron chi connectivity index (χ0n) is 12.9. The Balaban J connectivity index is 2.37. The van der Waals surface area contributed by atoms with Crippen molar-refractivity contribution in [2.24, 2.45) is 5.73 Å². The molecule has 0 saturated carbocycles. The van der Waals surface area contributed by atoms with Crippen molar-refractivity contribution in [3.05, 3.63) is 35.4 Å². The summed E-state index contributed by atoms with van der Waals surface area (Å²) >= 11 is 0. The van der Waals surface area contributed by atoms with E-state index in [2.05, 4.69) is 6.92 Å². The highest BCUT2D eigenvalue weighted by molar-refractivity contribution is 5.75. The van der Waals surface area contributed by atoms with Crippen LogP contribution in [0.5, 0.6) is 0 Å². The molecule has 1 rings (SSSR count). The predicted molar refractivity (Wildman–Crippen MR) is 84.2 cm³/mol. The minimum Gasteiger partial charge on any atom is -0.341 e. The Hall–Kier alpha value is -1.35. The highest BCUT2D eigenvalue weighted by Gasteiger charge is 2.10. The average Bonchev–Trinajstić information content (AvgIpc) is 2.47. The monoisotopic (exact) mass is 276 g/mol. The fraction of sp³-hybridized carbons (Fsp3) is 0.588. The highest BCUT2D eigenvalue weighted by atomic mass is 16.2. The van der Waals surface area contributed by atoms with Crippen LogP contribution in [0, 0.1) is 0 Å². The molecule has 0 heterocycles. The number of amides is 1.